The van der Waals surface area contributed by atoms with Crippen molar-refractivity contribution in [1.82, 2.24) is 15.1 Å². The summed E-state index contributed by atoms with van der Waals surface area (Å²) in [5.74, 6) is 0. The molecule has 0 aliphatic carbocycles. The number of halogens is 1. The number of hydrogen-bond acceptors (Lipinski definition) is 2. The molecule has 0 fully saturated rings. The van der Waals surface area contributed by atoms with Crippen molar-refractivity contribution in [2.75, 3.05) is 13.1 Å². The molecule has 1 N–H and O–H groups in total. The zero-order valence-corrected chi connectivity index (χ0v) is 14.5. The zero-order chi connectivity index (χ0) is 15.2. The molecule has 0 aliphatic rings. The van der Waals surface area contributed by atoms with E-state index in [0.29, 0.717) is 0 Å². The predicted octanol–water partition coefficient (Wildman–Crippen LogP) is 4.08. The highest BCUT2D eigenvalue weighted by atomic mass is 35.5. The van der Waals surface area contributed by atoms with Crippen LogP contribution in [0.2, 0.25) is 5.02 Å². The van der Waals surface area contributed by atoms with Gasteiger partial charge in [0.25, 0.3) is 0 Å². The number of rotatable bonds is 9. The number of nitrogens with zero attached hydrogens (tertiary/aromatic N) is 2. The largest absolute Gasteiger partial charge is 0.317 e. The Bertz CT molecular complexity index is 410. The fourth-order valence-corrected chi connectivity index (χ4v) is 2.79. The predicted molar refractivity (Wildman–Crippen MR) is 87.6 cm³/mol. The molecule has 1 aromatic heterocycles. The van der Waals surface area contributed by atoms with Gasteiger partial charge in [0.1, 0.15) is 0 Å². The zero-order valence-electron chi connectivity index (χ0n) is 13.7. The van der Waals surface area contributed by atoms with Gasteiger partial charge in [-0.1, -0.05) is 39.3 Å². The first-order valence-corrected chi connectivity index (χ1v) is 8.27. The summed E-state index contributed by atoms with van der Waals surface area (Å²) in [6.07, 6.45) is 4.23. The van der Waals surface area contributed by atoms with Crippen LogP contribution in [0.5, 0.6) is 0 Å². The van der Waals surface area contributed by atoms with E-state index in [1.807, 2.05) is 0 Å². The van der Waals surface area contributed by atoms with Gasteiger partial charge in [-0.15, -0.1) is 0 Å². The highest BCUT2D eigenvalue weighted by Gasteiger charge is 2.24. The van der Waals surface area contributed by atoms with Crippen LogP contribution in [0.3, 0.4) is 0 Å². The van der Waals surface area contributed by atoms with Gasteiger partial charge in [-0.25, -0.2) is 0 Å². The van der Waals surface area contributed by atoms with Crippen LogP contribution in [-0.2, 0) is 19.4 Å². The number of nitrogens with one attached hydrogen (secondary N) is 1. The minimum atomic E-state index is 0.238. The van der Waals surface area contributed by atoms with Crippen molar-refractivity contribution in [3.05, 3.63) is 16.4 Å². The molecule has 0 radical (unpaired) electrons. The second kappa shape index (κ2) is 8.04. The second-order valence-electron chi connectivity index (χ2n) is 6.22. The maximum atomic E-state index is 6.50. The van der Waals surface area contributed by atoms with Gasteiger partial charge >= 0.3 is 0 Å². The molecule has 0 saturated heterocycles. The molecule has 0 atom stereocenters. The van der Waals surface area contributed by atoms with E-state index in [1.54, 1.807) is 0 Å². The minimum Gasteiger partial charge on any atom is -0.317 e. The van der Waals surface area contributed by atoms with E-state index in [-0.39, 0.29) is 5.41 Å². The van der Waals surface area contributed by atoms with Crippen molar-refractivity contribution in [3.63, 3.8) is 0 Å². The van der Waals surface area contributed by atoms with Gasteiger partial charge in [-0.05, 0) is 51.1 Å². The quantitative estimate of drug-likeness (QED) is 0.696. The SMILES string of the molecule is CCCNCCC(C)(C)Cc1c(Cl)c(CC)nn1CC. The van der Waals surface area contributed by atoms with Crippen LogP contribution >= 0.6 is 11.6 Å². The first kappa shape index (κ1) is 17.5. The number of aryl methyl sites for hydroxylation is 2. The van der Waals surface area contributed by atoms with Crippen molar-refractivity contribution in [2.45, 2.75) is 66.8 Å². The standard InChI is InChI=1S/C16H30ClN3/c1-6-10-18-11-9-16(4,5)12-14-15(17)13(7-2)19-20(14)8-3/h18H,6-12H2,1-5H3. The summed E-state index contributed by atoms with van der Waals surface area (Å²) in [4.78, 5) is 0. The first-order chi connectivity index (χ1) is 9.45. The van der Waals surface area contributed by atoms with E-state index in [2.05, 4.69) is 49.7 Å². The van der Waals surface area contributed by atoms with Gasteiger partial charge < -0.3 is 5.32 Å². The molecule has 116 valence electrons. The van der Waals surface area contributed by atoms with Crippen molar-refractivity contribution in [2.24, 2.45) is 5.41 Å². The van der Waals surface area contributed by atoms with Crippen LogP contribution in [0.4, 0.5) is 0 Å². The lowest BCUT2D eigenvalue weighted by Gasteiger charge is -2.25. The fourth-order valence-electron chi connectivity index (χ4n) is 2.46. The molecular formula is C16H30ClN3. The summed E-state index contributed by atoms with van der Waals surface area (Å²) < 4.78 is 2.07. The van der Waals surface area contributed by atoms with Gasteiger partial charge in [0.2, 0.25) is 0 Å². The van der Waals surface area contributed by atoms with E-state index in [1.165, 1.54) is 12.1 Å². The molecule has 0 saturated carbocycles. The number of hydrogen-bond donors (Lipinski definition) is 1. The van der Waals surface area contributed by atoms with Crippen LogP contribution < -0.4 is 5.32 Å². The maximum absolute atomic E-state index is 6.50. The van der Waals surface area contributed by atoms with E-state index < -0.39 is 0 Å². The first-order valence-electron chi connectivity index (χ1n) is 7.90. The molecule has 0 spiro atoms. The molecule has 20 heavy (non-hydrogen) atoms. The van der Waals surface area contributed by atoms with Crippen LogP contribution in [0.25, 0.3) is 0 Å². The minimum absolute atomic E-state index is 0.238. The lowest BCUT2D eigenvalue weighted by Crippen LogP contribution is -2.25. The van der Waals surface area contributed by atoms with Crippen molar-refractivity contribution in [3.8, 4) is 0 Å². The Balaban J connectivity index is 2.72. The summed E-state index contributed by atoms with van der Waals surface area (Å²) in [6.45, 7) is 14.1. The molecule has 4 heteroatoms. The van der Waals surface area contributed by atoms with Crippen LogP contribution in [0.1, 0.15) is 58.8 Å². The van der Waals surface area contributed by atoms with Crippen LogP contribution in [-0.4, -0.2) is 22.9 Å². The van der Waals surface area contributed by atoms with Gasteiger partial charge in [0.05, 0.1) is 16.4 Å². The molecule has 3 nitrogen and oxygen atoms in total. The normalized spacial score (nSPS) is 12.1. The Morgan fingerprint density at radius 3 is 2.45 bits per heavy atom. The van der Waals surface area contributed by atoms with Crippen molar-refractivity contribution in [1.29, 1.82) is 0 Å². The van der Waals surface area contributed by atoms with E-state index in [9.17, 15) is 0 Å². The van der Waals surface area contributed by atoms with Gasteiger partial charge in [-0.3, -0.25) is 4.68 Å². The number of aromatic nitrogens is 2. The average molecular weight is 300 g/mol. The Morgan fingerprint density at radius 2 is 1.90 bits per heavy atom. The summed E-state index contributed by atoms with van der Waals surface area (Å²) in [5, 5.41) is 8.97. The lowest BCUT2D eigenvalue weighted by atomic mass is 9.84. The van der Waals surface area contributed by atoms with Gasteiger partial charge in [0, 0.05) is 6.54 Å². The van der Waals surface area contributed by atoms with E-state index in [4.69, 9.17) is 11.6 Å². The molecule has 0 amide bonds. The summed E-state index contributed by atoms with van der Waals surface area (Å²) in [7, 11) is 0. The fraction of sp³-hybridized carbons (Fsp3) is 0.812. The Kier molecular flexibility index (Phi) is 7.04. The lowest BCUT2D eigenvalue weighted by molar-refractivity contribution is 0.316. The molecule has 0 aromatic carbocycles. The summed E-state index contributed by atoms with van der Waals surface area (Å²) in [6, 6.07) is 0. The Labute approximate surface area is 129 Å². The van der Waals surface area contributed by atoms with Gasteiger partial charge in [0.15, 0.2) is 0 Å². The third kappa shape index (κ3) is 4.78. The molecule has 1 heterocycles. The molecule has 0 aliphatic heterocycles. The summed E-state index contributed by atoms with van der Waals surface area (Å²) in [5.41, 5.74) is 2.47. The molecular weight excluding hydrogens is 270 g/mol. The van der Waals surface area contributed by atoms with E-state index in [0.717, 1.165) is 49.6 Å². The van der Waals surface area contributed by atoms with Gasteiger partial charge in [-0.2, -0.15) is 5.10 Å². The third-order valence-corrected chi connectivity index (χ3v) is 4.18. The monoisotopic (exact) mass is 299 g/mol. The molecule has 1 rings (SSSR count). The molecule has 1 aromatic rings. The Morgan fingerprint density at radius 1 is 1.20 bits per heavy atom. The molecule has 0 unspecified atom stereocenters. The van der Waals surface area contributed by atoms with Crippen molar-refractivity contribution < 1.29 is 0 Å². The van der Waals surface area contributed by atoms with Crippen LogP contribution in [0.15, 0.2) is 0 Å². The average Bonchev–Trinajstić information content (AvgIpc) is 2.71. The third-order valence-electron chi connectivity index (χ3n) is 3.75. The topological polar surface area (TPSA) is 29.9 Å². The Hall–Kier alpha value is -0.540. The van der Waals surface area contributed by atoms with Crippen molar-refractivity contribution >= 4 is 11.6 Å². The molecule has 0 bridgehead atoms. The smallest absolute Gasteiger partial charge is 0.0850 e. The second-order valence-corrected chi connectivity index (χ2v) is 6.60. The highest BCUT2D eigenvalue weighted by Crippen LogP contribution is 2.31. The summed E-state index contributed by atoms with van der Waals surface area (Å²) >= 11 is 6.50. The maximum Gasteiger partial charge on any atom is 0.0850 e. The highest BCUT2D eigenvalue weighted by molar-refractivity contribution is 6.31. The van der Waals surface area contributed by atoms with Crippen LogP contribution in [0, 0.1) is 5.41 Å². The van der Waals surface area contributed by atoms with E-state index >= 15 is 0 Å².